The first-order valence-electron chi connectivity index (χ1n) is 8.30. The summed E-state index contributed by atoms with van der Waals surface area (Å²) in [6, 6.07) is 5.79. The third-order valence-corrected chi connectivity index (χ3v) is 6.98. The van der Waals surface area contributed by atoms with Crippen molar-refractivity contribution in [2.75, 3.05) is 13.1 Å². The SMILES string of the molecule is Cc1n[nH]c(C)c1S(=O)(=O)N1CCC(c2nnc3ccccn23)CC1. The van der Waals surface area contributed by atoms with Crippen LogP contribution in [-0.4, -0.2) is 50.6 Å². The molecule has 0 aliphatic carbocycles. The first-order chi connectivity index (χ1) is 12.0. The summed E-state index contributed by atoms with van der Waals surface area (Å²) in [4.78, 5) is 0.305. The molecule has 1 aliphatic heterocycles. The number of pyridine rings is 1. The van der Waals surface area contributed by atoms with Crippen molar-refractivity contribution in [3.8, 4) is 0 Å². The summed E-state index contributed by atoms with van der Waals surface area (Å²) in [7, 11) is -3.52. The van der Waals surface area contributed by atoms with Crippen molar-refractivity contribution in [1.29, 1.82) is 0 Å². The van der Waals surface area contributed by atoms with E-state index in [1.807, 2.05) is 28.8 Å². The lowest BCUT2D eigenvalue weighted by atomic mass is 9.97. The molecule has 0 bridgehead atoms. The van der Waals surface area contributed by atoms with E-state index in [2.05, 4.69) is 20.4 Å². The van der Waals surface area contributed by atoms with E-state index in [9.17, 15) is 8.42 Å². The monoisotopic (exact) mass is 360 g/mol. The Morgan fingerprint density at radius 1 is 1.16 bits per heavy atom. The maximum absolute atomic E-state index is 12.9. The fourth-order valence-electron chi connectivity index (χ4n) is 3.54. The van der Waals surface area contributed by atoms with Gasteiger partial charge in [-0.3, -0.25) is 9.50 Å². The Bertz CT molecular complexity index is 995. The van der Waals surface area contributed by atoms with E-state index in [0.29, 0.717) is 29.4 Å². The van der Waals surface area contributed by atoms with Gasteiger partial charge in [0.15, 0.2) is 5.65 Å². The molecule has 0 atom stereocenters. The van der Waals surface area contributed by atoms with Crippen molar-refractivity contribution in [3.63, 3.8) is 0 Å². The molecule has 0 unspecified atom stereocenters. The number of H-pyrrole nitrogens is 1. The van der Waals surface area contributed by atoms with Crippen LogP contribution in [-0.2, 0) is 10.0 Å². The second-order valence-electron chi connectivity index (χ2n) is 6.43. The van der Waals surface area contributed by atoms with Crippen molar-refractivity contribution in [3.05, 3.63) is 41.6 Å². The summed E-state index contributed by atoms with van der Waals surface area (Å²) in [5.41, 5.74) is 1.92. The lowest BCUT2D eigenvalue weighted by Gasteiger charge is -2.30. The number of piperidine rings is 1. The number of nitrogens with zero attached hydrogens (tertiary/aromatic N) is 5. The predicted octanol–water partition coefficient (Wildman–Crippen LogP) is 1.64. The maximum atomic E-state index is 12.9. The second kappa shape index (κ2) is 5.92. The molecule has 4 rings (SSSR count). The molecular formula is C16H20N6O2S. The van der Waals surface area contributed by atoms with Crippen LogP contribution in [0, 0.1) is 13.8 Å². The zero-order valence-electron chi connectivity index (χ0n) is 14.2. The van der Waals surface area contributed by atoms with Gasteiger partial charge in [0.25, 0.3) is 0 Å². The smallest absolute Gasteiger partial charge is 0.246 e. The molecule has 8 nitrogen and oxygen atoms in total. The van der Waals surface area contributed by atoms with Crippen molar-refractivity contribution < 1.29 is 8.42 Å². The van der Waals surface area contributed by atoms with Gasteiger partial charge < -0.3 is 0 Å². The molecule has 3 aromatic heterocycles. The number of aromatic amines is 1. The number of hydrogen-bond acceptors (Lipinski definition) is 5. The number of aryl methyl sites for hydroxylation is 2. The van der Waals surface area contributed by atoms with Crippen LogP contribution in [0.25, 0.3) is 5.65 Å². The van der Waals surface area contributed by atoms with Crippen molar-refractivity contribution in [2.45, 2.75) is 37.5 Å². The summed E-state index contributed by atoms with van der Waals surface area (Å²) in [5.74, 6) is 1.11. The van der Waals surface area contributed by atoms with Crippen LogP contribution in [0.3, 0.4) is 0 Å². The molecular weight excluding hydrogens is 340 g/mol. The van der Waals surface area contributed by atoms with Crippen molar-refractivity contribution in [1.82, 2.24) is 29.1 Å². The molecule has 1 N–H and O–H groups in total. The van der Waals surface area contributed by atoms with Crippen LogP contribution >= 0.6 is 0 Å². The van der Waals surface area contributed by atoms with E-state index in [1.165, 1.54) is 0 Å². The third-order valence-electron chi connectivity index (χ3n) is 4.82. The van der Waals surface area contributed by atoms with Gasteiger partial charge in [-0.1, -0.05) is 6.07 Å². The predicted molar refractivity (Wildman–Crippen MR) is 91.8 cm³/mol. The molecule has 25 heavy (non-hydrogen) atoms. The first kappa shape index (κ1) is 16.2. The minimum atomic E-state index is -3.52. The standard InChI is InChI=1S/C16H20N6O2S/c1-11-15(12(2)18-17-11)25(23,24)21-9-6-13(7-10-21)16-20-19-14-5-3-4-8-22(14)16/h3-5,8,13H,6-7,9-10H2,1-2H3,(H,17,18). The number of aromatic nitrogens is 5. The van der Waals surface area contributed by atoms with Crippen molar-refractivity contribution >= 4 is 15.7 Å². The summed E-state index contributed by atoms with van der Waals surface area (Å²) in [6.07, 6.45) is 3.40. The Morgan fingerprint density at radius 2 is 1.92 bits per heavy atom. The van der Waals surface area contributed by atoms with Crippen LogP contribution < -0.4 is 0 Å². The average molecular weight is 360 g/mol. The molecule has 9 heteroatoms. The van der Waals surface area contributed by atoms with Gasteiger partial charge in [-0.25, -0.2) is 8.42 Å². The van der Waals surface area contributed by atoms with E-state index >= 15 is 0 Å². The fourth-order valence-corrected chi connectivity index (χ4v) is 5.34. The van der Waals surface area contributed by atoms with Crippen molar-refractivity contribution in [2.24, 2.45) is 0 Å². The highest BCUT2D eigenvalue weighted by Gasteiger charge is 2.34. The van der Waals surface area contributed by atoms with Crippen LogP contribution in [0.4, 0.5) is 0 Å². The number of sulfonamides is 1. The molecule has 1 fully saturated rings. The Kier molecular flexibility index (Phi) is 3.84. The number of nitrogens with one attached hydrogen (secondary N) is 1. The summed E-state index contributed by atoms with van der Waals surface area (Å²) in [6.45, 7) is 4.39. The molecule has 0 spiro atoms. The van der Waals surface area contributed by atoms with E-state index in [1.54, 1.807) is 18.2 Å². The zero-order valence-corrected chi connectivity index (χ0v) is 15.0. The number of hydrogen-bond donors (Lipinski definition) is 1. The molecule has 0 aromatic carbocycles. The molecule has 4 heterocycles. The third kappa shape index (κ3) is 2.63. The topological polar surface area (TPSA) is 96.2 Å². The van der Waals surface area contributed by atoms with Gasteiger partial charge in [0.05, 0.1) is 11.4 Å². The molecule has 0 radical (unpaired) electrons. The van der Waals surface area contributed by atoms with Gasteiger partial charge in [-0.2, -0.15) is 9.40 Å². The normalized spacial score (nSPS) is 17.4. The van der Waals surface area contributed by atoms with Gasteiger partial charge in [0.1, 0.15) is 10.7 Å². The minimum absolute atomic E-state index is 0.204. The highest BCUT2D eigenvalue weighted by Crippen LogP contribution is 2.31. The number of fused-ring (bicyclic) bond motifs is 1. The number of rotatable bonds is 3. The summed E-state index contributed by atoms with van der Waals surface area (Å²) in [5, 5.41) is 15.3. The summed E-state index contributed by atoms with van der Waals surface area (Å²) >= 11 is 0. The zero-order chi connectivity index (χ0) is 17.6. The van der Waals surface area contributed by atoms with E-state index in [4.69, 9.17) is 0 Å². The molecule has 1 aliphatic rings. The molecule has 1 saturated heterocycles. The second-order valence-corrected chi connectivity index (χ2v) is 8.30. The Balaban J connectivity index is 1.56. The summed E-state index contributed by atoms with van der Waals surface area (Å²) < 4.78 is 29.4. The van der Waals surface area contributed by atoms with Crippen LogP contribution in [0.2, 0.25) is 0 Å². The fraction of sp³-hybridized carbons (Fsp3) is 0.438. The average Bonchev–Trinajstić information content (AvgIpc) is 3.18. The van der Waals surface area contributed by atoms with Gasteiger partial charge in [-0.05, 0) is 38.8 Å². The van der Waals surface area contributed by atoms with Gasteiger partial charge >= 0.3 is 0 Å². The van der Waals surface area contributed by atoms with Crippen LogP contribution in [0.5, 0.6) is 0 Å². The van der Waals surface area contributed by atoms with Crippen LogP contribution in [0.15, 0.2) is 29.3 Å². The Morgan fingerprint density at radius 3 is 2.60 bits per heavy atom. The lowest BCUT2D eigenvalue weighted by Crippen LogP contribution is -2.38. The molecule has 0 saturated carbocycles. The van der Waals surface area contributed by atoms with Gasteiger partial charge in [-0.15, -0.1) is 10.2 Å². The Labute approximate surface area is 145 Å². The highest BCUT2D eigenvalue weighted by atomic mass is 32.2. The molecule has 3 aromatic rings. The van der Waals surface area contributed by atoms with E-state index in [-0.39, 0.29) is 5.92 Å². The highest BCUT2D eigenvalue weighted by molar-refractivity contribution is 7.89. The van der Waals surface area contributed by atoms with Crippen LogP contribution in [0.1, 0.15) is 36.0 Å². The minimum Gasteiger partial charge on any atom is -0.286 e. The van der Waals surface area contributed by atoms with Gasteiger partial charge in [0.2, 0.25) is 10.0 Å². The lowest BCUT2D eigenvalue weighted by molar-refractivity contribution is 0.312. The quantitative estimate of drug-likeness (QED) is 0.766. The maximum Gasteiger partial charge on any atom is 0.246 e. The van der Waals surface area contributed by atoms with Gasteiger partial charge in [0, 0.05) is 25.2 Å². The largest absolute Gasteiger partial charge is 0.286 e. The first-order valence-corrected chi connectivity index (χ1v) is 9.74. The van der Waals surface area contributed by atoms with E-state index in [0.717, 1.165) is 24.3 Å². The molecule has 0 amide bonds. The van der Waals surface area contributed by atoms with E-state index < -0.39 is 10.0 Å². The molecule has 132 valence electrons. The Hall–Kier alpha value is -2.26.